The third-order valence-electron chi connectivity index (χ3n) is 6.58. The van der Waals surface area contributed by atoms with Crippen LogP contribution >= 0.6 is 0 Å². The topological polar surface area (TPSA) is 29.5 Å². The average molecular weight is 409 g/mol. The molecule has 5 rings (SSSR count). The van der Waals surface area contributed by atoms with Crippen LogP contribution in [0.15, 0.2) is 108 Å². The third-order valence-corrected chi connectivity index (χ3v) is 6.58. The molecular formula is C29H28O2. The molecule has 2 aliphatic carbocycles. The molecule has 0 bridgehead atoms. The van der Waals surface area contributed by atoms with Crippen LogP contribution in [0.2, 0.25) is 0 Å². The monoisotopic (exact) mass is 408 g/mol. The van der Waals surface area contributed by atoms with Crippen LogP contribution in [-0.4, -0.2) is 11.2 Å². The van der Waals surface area contributed by atoms with Gasteiger partial charge >= 0.3 is 0 Å². The molecule has 0 aliphatic heterocycles. The lowest BCUT2D eigenvalue weighted by molar-refractivity contribution is 0.0719. The fourth-order valence-electron chi connectivity index (χ4n) is 5.06. The minimum absolute atomic E-state index is 0.132. The van der Waals surface area contributed by atoms with E-state index in [1.165, 1.54) is 27.8 Å². The average Bonchev–Trinajstić information content (AvgIpc) is 2.84. The molecule has 0 amide bonds. The first-order chi connectivity index (χ1) is 15.3. The zero-order valence-electron chi connectivity index (χ0n) is 17.7. The van der Waals surface area contributed by atoms with Crippen LogP contribution in [0.5, 0.6) is 5.75 Å². The lowest BCUT2D eigenvalue weighted by Crippen LogP contribution is -2.24. The van der Waals surface area contributed by atoms with Crippen LogP contribution < -0.4 is 0 Å². The largest absolute Gasteiger partial charge is 0.508 e. The normalized spacial score (nSPS) is 22.9. The summed E-state index contributed by atoms with van der Waals surface area (Å²) in [5.74, 6) is 1.06. The van der Waals surface area contributed by atoms with Crippen LogP contribution in [-0.2, 0) is 11.3 Å². The number of hydrogen-bond donors (Lipinski definition) is 1. The fraction of sp³-hybridized carbons (Fsp3) is 0.241. The maximum absolute atomic E-state index is 9.82. The molecule has 2 heteroatoms. The van der Waals surface area contributed by atoms with E-state index in [9.17, 15) is 5.11 Å². The summed E-state index contributed by atoms with van der Waals surface area (Å²) in [6.07, 6.45) is 7.98. The molecule has 0 heterocycles. The lowest BCUT2D eigenvalue weighted by Gasteiger charge is -2.39. The second kappa shape index (κ2) is 8.95. The molecule has 0 radical (unpaired) electrons. The molecule has 3 aromatic rings. The van der Waals surface area contributed by atoms with Gasteiger partial charge in [-0.3, -0.25) is 0 Å². The molecule has 0 saturated heterocycles. The zero-order chi connectivity index (χ0) is 21.0. The van der Waals surface area contributed by atoms with Crippen molar-refractivity contribution in [3.8, 4) is 5.75 Å². The van der Waals surface area contributed by atoms with Crippen molar-refractivity contribution in [2.45, 2.75) is 43.8 Å². The van der Waals surface area contributed by atoms with Crippen molar-refractivity contribution in [3.05, 3.63) is 125 Å². The highest BCUT2D eigenvalue weighted by Gasteiger charge is 2.35. The fourth-order valence-corrected chi connectivity index (χ4v) is 5.06. The summed E-state index contributed by atoms with van der Waals surface area (Å²) >= 11 is 0. The third kappa shape index (κ3) is 4.35. The quantitative estimate of drug-likeness (QED) is 0.498. The Morgan fingerprint density at radius 3 is 2.26 bits per heavy atom. The van der Waals surface area contributed by atoms with Gasteiger partial charge < -0.3 is 9.84 Å². The molecule has 1 saturated carbocycles. The van der Waals surface area contributed by atoms with Crippen molar-refractivity contribution in [2.75, 3.05) is 0 Å². The van der Waals surface area contributed by atoms with E-state index in [0.29, 0.717) is 24.2 Å². The highest BCUT2D eigenvalue weighted by Crippen LogP contribution is 2.50. The smallest absolute Gasteiger partial charge is 0.115 e. The second-order valence-corrected chi connectivity index (χ2v) is 8.55. The molecule has 2 aliphatic rings. The van der Waals surface area contributed by atoms with Gasteiger partial charge in [-0.2, -0.15) is 0 Å². The molecule has 1 fully saturated rings. The summed E-state index contributed by atoms with van der Waals surface area (Å²) in [5, 5.41) is 9.82. The van der Waals surface area contributed by atoms with Crippen molar-refractivity contribution in [2.24, 2.45) is 0 Å². The number of aromatic hydroxyl groups is 1. The highest BCUT2D eigenvalue weighted by molar-refractivity contribution is 5.50. The molecular weight excluding hydrogens is 380 g/mol. The van der Waals surface area contributed by atoms with Gasteiger partial charge in [0.15, 0.2) is 0 Å². The first kappa shape index (κ1) is 19.8. The van der Waals surface area contributed by atoms with Gasteiger partial charge in [-0.1, -0.05) is 84.9 Å². The van der Waals surface area contributed by atoms with Crippen LogP contribution in [0.1, 0.15) is 47.8 Å². The Morgan fingerprint density at radius 2 is 1.52 bits per heavy atom. The Hall–Kier alpha value is -3.10. The SMILES string of the molecule is Oc1ccc([C@@H]2C3=CCC(OCc4ccccc4)C=C3CCC2c2ccccc2)cc1. The van der Waals surface area contributed by atoms with E-state index in [1.807, 2.05) is 18.2 Å². The Labute approximate surface area is 184 Å². The van der Waals surface area contributed by atoms with Crippen molar-refractivity contribution in [3.63, 3.8) is 0 Å². The minimum atomic E-state index is 0.132. The number of ether oxygens (including phenoxy) is 1. The van der Waals surface area contributed by atoms with Crippen LogP contribution in [0, 0.1) is 0 Å². The summed E-state index contributed by atoms with van der Waals surface area (Å²) in [6.45, 7) is 0.645. The van der Waals surface area contributed by atoms with Crippen LogP contribution in [0.3, 0.4) is 0 Å². The number of fused-ring (bicyclic) bond motifs is 1. The van der Waals surface area contributed by atoms with E-state index in [1.54, 1.807) is 0 Å². The van der Waals surface area contributed by atoms with Crippen molar-refractivity contribution < 1.29 is 9.84 Å². The summed E-state index contributed by atoms with van der Waals surface area (Å²) in [4.78, 5) is 0. The van der Waals surface area contributed by atoms with Crippen molar-refractivity contribution in [1.29, 1.82) is 0 Å². The number of phenols is 1. The maximum atomic E-state index is 9.82. The van der Waals surface area contributed by atoms with Gasteiger partial charge in [0.2, 0.25) is 0 Å². The number of hydrogen-bond acceptors (Lipinski definition) is 2. The number of benzene rings is 3. The lowest BCUT2D eigenvalue weighted by atomic mass is 9.66. The summed E-state index contributed by atoms with van der Waals surface area (Å²) in [5.41, 5.74) is 6.74. The molecule has 0 spiro atoms. The van der Waals surface area contributed by atoms with E-state index in [0.717, 1.165) is 19.3 Å². The van der Waals surface area contributed by atoms with Gasteiger partial charge in [0.05, 0.1) is 12.7 Å². The Kier molecular flexibility index (Phi) is 5.73. The Bertz CT molecular complexity index is 1060. The van der Waals surface area contributed by atoms with Crippen LogP contribution in [0.4, 0.5) is 0 Å². The van der Waals surface area contributed by atoms with E-state index < -0.39 is 0 Å². The van der Waals surface area contributed by atoms with Gasteiger partial charge in [-0.05, 0) is 65.1 Å². The molecule has 1 N–H and O–H groups in total. The van der Waals surface area contributed by atoms with Gasteiger partial charge in [-0.15, -0.1) is 0 Å². The molecule has 2 nitrogen and oxygen atoms in total. The predicted octanol–water partition coefficient (Wildman–Crippen LogP) is 6.90. The van der Waals surface area contributed by atoms with Gasteiger partial charge in [0.1, 0.15) is 5.75 Å². The molecule has 3 aromatic carbocycles. The van der Waals surface area contributed by atoms with Gasteiger partial charge in [0, 0.05) is 5.92 Å². The predicted molar refractivity (Wildman–Crippen MR) is 125 cm³/mol. The van der Waals surface area contributed by atoms with E-state index in [4.69, 9.17) is 4.74 Å². The molecule has 0 aromatic heterocycles. The van der Waals surface area contributed by atoms with Gasteiger partial charge in [-0.25, -0.2) is 0 Å². The molecule has 156 valence electrons. The first-order valence-corrected chi connectivity index (χ1v) is 11.2. The summed E-state index contributed by atoms with van der Waals surface area (Å²) in [6, 6.07) is 29.0. The number of allylic oxidation sites excluding steroid dienone is 2. The van der Waals surface area contributed by atoms with Crippen molar-refractivity contribution in [1.82, 2.24) is 0 Å². The van der Waals surface area contributed by atoms with Crippen molar-refractivity contribution >= 4 is 0 Å². The maximum Gasteiger partial charge on any atom is 0.115 e. The summed E-state index contributed by atoms with van der Waals surface area (Å²) in [7, 11) is 0. The Morgan fingerprint density at radius 1 is 0.806 bits per heavy atom. The van der Waals surface area contributed by atoms with E-state index in [-0.39, 0.29) is 6.10 Å². The van der Waals surface area contributed by atoms with Gasteiger partial charge in [0.25, 0.3) is 0 Å². The number of phenolic OH excluding ortho intramolecular Hbond substituents is 1. The Balaban J connectivity index is 1.41. The minimum Gasteiger partial charge on any atom is -0.508 e. The second-order valence-electron chi connectivity index (χ2n) is 8.55. The first-order valence-electron chi connectivity index (χ1n) is 11.2. The number of rotatable bonds is 5. The van der Waals surface area contributed by atoms with E-state index >= 15 is 0 Å². The molecule has 2 unspecified atom stereocenters. The highest BCUT2D eigenvalue weighted by atomic mass is 16.5. The molecule has 3 atom stereocenters. The standard InChI is InChI=1S/C29H28O2/c30-25-14-11-23(12-15-25)29-27(22-9-5-2-6-10-22)17-13-24-19-26(16-18-28(24)29)31-20-21-7-3-1-4-8-21/h1-12,14-15,18-19,26-27,29-30H,13,16-17,20H2/t26?,27?,29-/m0/s1. The zero-order valence-corrected chi connectivity index (χ0v) is 17.7. The van der Waals surface area contributed by atoms with Crippen LogP contribution in [0.25, 0.3) is 0 Å². The summed E-state index contributed by atoms with van der Waals surface area (Å²) < 4.78 is 6.23. The molecule has 31 heavy (non-hydrogen) atoms. The van der Waals surface area contributed by atoms with E-state index in [2.05, 4.69) is 78.9 Å².